The van der Waals surface area contributed by atoms with E-state index in [-0.39, 0.29) is 5.91 Å². The molecule has 0 aliphatic rings. The van der Waals surface area contributed by atoms with Crippen LogP contribution in [-0.2, 0) is 13.6 Å². The lowest BCUT2D eigenvalue weighted by Crippen LogP contribution is -2.25. The van der Waals surface area contributed by atoms with Crippen LogP contribution in [0.1, 0.15) is 16.1 Å². The Morgan fingerprint density at radius 1 is 1.50 bits per heavy atom. The van der Waals surface area contributed by atoms with E-state index in [1.54, 1.807) is 10.7 Å². The van der Waals surface area contributed by atoms with Gasteiger partial charge in [-0.15, -0.1) is 0 Å². The Balaban J connectivity index is 2.03. The minimum Gasteiger partial charge on any atom is -0.346 e. The zero-order valence-corrected chi connectivity index (χ0v) is 9.92. The van der Waals surface area contributed by atoms with Crippen LogP contribution >= 0.6 is 0 Å². The first-order valence-corrected chi connectivity index (χ1v) is 5.38. The van der Waals surface area contributed by atoms with Gasteiger partial charge in [0.05, 0.1) is 29.7 Å². The van der Waals surface area contributed by atoms with Crippen LogP contribution in [0, 0.1) is 0 Å². The number of aromatic nitrogens is 3. The highest BCUT2D eigenvalue weighted by Crippen LogP contribution is 2.11. The van der Waals surface area contributed by atoms with Crippen molar-refractivity contribution in [3.8, 4) is 0 Å². The molecular weight excluding hydrogens is 232 g/mol. The first-order chi connectivity index (χ1) is 8.70. The number of nitrogens with one attached hydrogen (secondary N) is 2. The Morgan fingerprint density at radius 2 is 2.33 bits per heavy atom. The van der Waals surface area contributed by atoms with Crippen molar-refractivity contribution in [2.75, 3.05) is 5.43 Å². The lowest BCUT2D eigenvalue weighted by Gasteiger charge is -2.07. The second-order valence-corrected chi connectivity index (χ2v) is 3.73. The summed E-state index contributed by atoms with van der Waals surface area (Å²) in [5, 5.41) is 6.93. The Morgan fingerprint density at radius 3 is 3.00 bits per heavy atom. The number of hydrogen-bond donors (Lipinski definition) is 3. The third kappa shape index (κ3) is 2.64. The van der Waals surface area contributed by atoms with E-state index in [0.29, 0.717) is 17.8 Å². The number of rotatable bonds is 4. The first kappa shape index (κ1) is 12.1. The van der Waals surface area contributed by atoms with E-state index in [9.17, 15) is 4.79 Å². The number of aryl methyl sites for hydroxylation is 1. The van der Waals surface area contributed by atoms with Crippen molar-refractivity contribution in [1.82, 2.24) is 20.1 Å². The normalized spacial score (nSPS) is 10.1. The molecule has 2 heterocycles. The molecule has 0 fully saturated rings. The van der Waals surface area contributed by atoms with Gasteiger partial charge in [0.25, 0.3) is 5.91 Å². The molecule has 2 rings (SSSR count). The molecule has 0 aliphatic heterocycles. The van der Waals surface area contributed by atoms with Gasteiger partial charge in [-0.1, -0.05) is 0 Å². The van der Waals surface area contributed by atoms with Gasteiger partial charge < -0.3 is 10.7 Å². The molecule has 4 N–H and O–H groups in total. The molecule has 0 atom stereocenters. The van der Waals surface area contributed by atoms with Gasteiger partial charge in [0.2, 0.25) is 0 Å². The van der Waals surface area contributed by atoms with E-state index in [2.05, 4.69) is 20.8 Å². The number of hydrogen-bond acceptors (Lipinski definition) is 5. The summed E-state index contributed by atoms with van der Waals surface area (Å²) in [4.78, 5) is 15.8. The number of amides is 1. The lowest BCUT2D eigenvalue weighted by atomic mass is 10.2. The number of pyridine rings is 1. The van der Waals surface area contributed by atoms with Gasteiger partial charge in [0, 0.05) is 19.4 Å². The van der Waals surface area contributed by atoms with Crippen molar-refractivity contribution in [3.05, 3.63) is 42.0 Å². The van der Waals surface area contributed by atoms with Crippen LogP contribution < -0.4 is 16.6 Å². The molecular formula is C11H14N6O. The number of nitrogens with two attached hydrogens (primary N) is 1. The van der Waals surface area contributed by atoms with Gasteiger partial charge >= 0.3 is 0 Å². The van der Waals surface area contributed by atoms with Crippen LogP contribution in [0.15, 0.2) is 30.7 Å². The van der Waals surface area contributed by atoms with Gasteiger partial charge in [0.15, 0.2) is 0 Å². The SMILES string of the molecule is Cn1ccc(CNC(=O)c2ccncc2NN)n1. The summed E-state index contributed by atoms with van der Waals surface area (Å²) in [6, 6.07) is 3.44. The van der Waals surface area contributed by atoms with E-state index in [1.165, 1.54) is 12.4 Å². The number of nitrogens with zero attached hydrogens (tertiary/aromatic N) is 3. The van der Waals surface area contributed by atoms with Crippen molar-refractivity contribution in [1.29, 1.82) is 0 Å². The monoisotopic (exact) mass is 246 g/mol. The van der Waals surface area contributed by atoms with Crippen LogP contribution in [0.25, 0.3) is 0 Å². The predicted molar refractivity (Wildman–Crippen MR) is 66.4 cm³/mol. The number of nitrogen functional groups attached to an aromatic ring is 1. The first-order valence-electron chi connectivity index (χ1n) is 5.38. The van der Waals surface area contributed by atoms with Gasteiger partial charge in [-0.2, -0.15) is 5.10 Å². The number of carbonyl (C=O) groups is 1. The molecule has 7 nitrogen and oxygen atoms in total. The van der Waals surface area contributed by atoms with Gasteiger partial charge in [-0.3, -0.25) is 20.3 Å². The van der Waals surface area contributed by atoms with Crippen LogP contribution in [0.2, 0.25) is 0 Å². The van der Waals surface area contributed by atoms with Crippen molar-refractivity contribution in [3.63, 3.8) is 0 Å². The highest BCUT2D eigenvalue weighted by atomic mass is 16.1. The summed E-state index contributed by atoms with van der Waals surface area (Å²) in [6.45, 7) is 0.367. The van der Waals surface area contributed by atoms with E-state index in [0.717, 1.165) is 5.69 Å². The molecule has 1 amide bonds. The summed E-state index contributed by atoms with van der Waals surface area (Å²) >= 11 is 0. The summed E-state index contributed by atoms with van der Waals surface area (Å²) in [5.41, 5.74) is 4.16. The Kier molecular flexibility index (Phi) is 3.54. The molecule has 94 valence electrons. The van der Waals surface area contributed by atoms with Crippen molar-refractivity contribution in [2.45, 2.75) is 6.54 Å². The predicted octanol–water partition coefficient (Wildman–Crippen LogP) is 0.0307. The molecule has 2 aromatic rings. The molecule has 0 unspecified atom stereocenters. The Bertz CT molecular complexity index is 550. The molecule has 7 heteroatoms. The number of anilines is 1. The zero-order valence-electron chi connectivity index (χ0n) is 9.92. The minimum atomic E-state index is -0.226. The van der Waals surface area contributed by atoms with Crippen molar-refractivity contribution < 1.29 is 4.79 Å². The van der Waals surface area contributed by atoms with Gasteiger partial charge in [0.1, 0.15) is 0 Å². The highest BCUT2D eigenvalue weighted by molar-refractivity contribution is 5.99. The molecule has 0 aliphatic carbocycles. The third-order valence-electron chi connectivity index (χ3n) is 2.42. The molecule has 2 aromatic heterocycles. The average Bonchev–Trinajstić information content (AvgIpc) is 2.81. The average molecular weight is 246 g/mol. The van der Waals surface area contributed by atoms with Crippen LogP contribution in [0.4, 0.5) is 5.69 Å². The van der Waals surface area contributed by atoms with Gasteiger partial charge in [-0.05, 0) is 12.1 Å². The molecule has 18 heavy (non-hydrogen) atoms. The van der Waals surface area contributed by atoms with E-state index in [4.69, 9.17) is 5.84 Å². The summed E-state index contributed by atoms with van der Waals surface area (Å²) in [6.07, 6.45) is 4.85. The van der Waals surface area contributed by atoms with Crippen LogP contribution in [0.5, 0.6) is 0 Å². The third-order valence-corrected chi connectivity index (χ3v) is 2.42. The summed E-state index contributed by atoms with van der Waals surface area (Å²) in [5.74, 6) is 5.09. The smallest absolute Gasteiger partial charge is 0.253 e. The summed E-state index contributed by atoms with van der Waals surface area (Å²) < 4.78 is 1.68. The molecule has 0 saturated heterocycles. The second kappa shape index (κ2) is 5.28. The molecule has 0 aromatic carbocycles. The number of hydrazine groups is 1. The minimum absolute atomic E-state index is 0.226. The van der Waals surface area contributed by atoms with E-state index < -0.39 is 0 Å². The zero-order chi connectivity index (χ0) is 13.0. The molecule has 0 radical (unpaired) electrons. The summed E-state index contributed by atoms with van der Waals surface area (Å²) in [7, 11) is 1.82. The number of carbonyl (C=O) groups excluding carboxylic acids is 1. The van der Waals surface area contributed by atoms with Crippen molar-refractivity contribution >= 4 is 11.6 Å². The van der Waals surface area contributed by atoms with Gasteiger partial charge in [-0.25, -0.2) is 0 Å². The lowest BCUT2D eigenvalue weighted by molar-refractivity contribution is 0.0951. The molecule has 0 saturated carbocycles. The Labute approximate surface area is 104 Å². The van der Waals surface area contributed by atoms with Crippen LogP contribution in [-0.4, -0.2) is 20.7 Å². The maximum Gasteiger partial charge on any atom is 0.253 e. The second-order valence-electron chi connectivity index (χ2n) is 3.73. The van der Waals surface area contributed by atoms with E-state index in [1.807, 2.05) is 19.3 Å². The standard InChI is InChI=1S/C11H14N6O/c1-17-5-3-8(16-17)6-14-11(18)9-2-4-13-7-10(9)15-12/h2-5,7,15H,6,12H2,1H3,(H,14,18). The Hall–Kier alpha value is -2.41. The fourth-order valence-corrected chi connectivity index (χ4v) is 1.53. The molecule has 0 bridgehead atoms. The topological polar surface area (TPSA) is 97.9 Å². The highest BCUT2D eigenvalue weighted by Gasteiger charge is 2.10. The molecule has 0 spiro atoms. The largest absolute Gasteiger partial charge is 0.346 e. The maximum atomic E-state index is 11.9. The van der Waals surface area contributed by atoms with Crippen LogP contribution in [0.3, 0.4) is 0 Å². The fourth-order valence-electron chi connectivity index (χ4n) is 1.53. The maximum absolute atomic E-state index is 11.9. The van der Waals surface area contributed by atoms with E-state index >= 15 is 0 Å². The van der Waals surface area contributed by atoms with Crippen molar-refractivity contribution in [2.24, 2.45) is 12.9 Å². The fraction of sp³-hybridized carbons (Fsp3) is 0.182. The quantitative estimate of drug-likeness (QED) is 0.522.